The van der Waals surface area contributed by atoms with E-state index in [1.165, 1.54) is 17.2 Å². The third-order valence-electron chi connectivity index (χ3n) is 4.12. The lowest BCUT2D eigenvalue weighted by atomic mass is 9.87. The van der Waals surface area contributed by atoms with E-state index in [2.05, 4.69) is 50.4 Å². The Hall–Kier alpha value is -1.69. The lowest BCUT2D eigenvalue weighted by molar-refractivity contribution is 0.569. The summed E-state index contributed by atoms with van der Waals surface area (Å²) in [4.78, 5) is 0.142. The zero-order valence-electron chi connectivity index (χ0n) is 14.7. The van der Waals surface area contributed by atoms with Crippen molar-refractivity contribution in [3.05, 3.63) is 65.2 Å². The molecular weight excluding hydrogens is 320 g/mol. The van der Waals surface area contributed by atoms with E-state index in [4.69, 9.17) is 5.14 Å². The molecule has 0 amide bonds. The monoisotopic (exact) mass is 346 g/mol. The van der Waals surface area contributed by atoms with Gasteiger partial charge in [0, 0.05) is 12.6 Å². The Morgan fingerprint density at radius 1 is 1.08 bits per heavy atom. The van der Waals surface area contributed by atoms with Crippen molar-refractivity contribution >= 4 is 10.0 Å². The number of nitrogens with one attached hydrogen (secondary N) is 1. The topological polar surface area (TPSA) is 72.2 Å². The summed E-state index contributed by atoms with van der Waals surface area (Å²) in [5.41, 5.74) is 3.54. The van der Waals surface area contributed by atoms with Crippen LogP contribution in [0, 0.1) is 0 Å². The van der Waals surface area contributed by atoms with Crippen molar-refractivity contribution in [2.75, 3.05) is 0 Å². The van der Waals surface area contributed by atoms with E-state index in [9.17, 15) is 8.42 Å². The molecule has 0 saturated carbocycles. The van der Waals surface area contributed by atoms with Crippen molar-refractivity contribution in [2.45, 2.75) is 50.6 Å². The molecule has 0 bridgehead atoms. The van der Waals surface area contributed by atoms with Crippen molar-refractivity contribution in [1.29, 1.82) is 0 Å². The third-order valence-corrected chi connectivity index (χ3v) is 5.03. The van der Waals surface area contributed by atoms with Gasteiger partial charge in [-0.2, -0.15) is 0 Å². The van der Waals surface area contributed by atoms with Crippen molar-refractivity contribution in [1.82, 2.24) is 5.32 Å². The van der Waals surface area contributed by atoms with Crippen LogP contribution in [0.25, 0.3) is 0 Å². The van der Waals surface area contributed by atoms with Crippen molar-refractivity contribution in [3.8, 4) is 0 Å². The summed E-state index contributed by atoms with van der Waals surface area (Å²) in [6, 6.07) is 15.3. The molecule has 24 heavy (non-hydrogen) atoms. The van der Waals surface area contributed by atoms with Gasteiger partial charge in [0.1, 0.15) is 0 Å². The average Bonchev–Trinajstić information content (AvgIpc) is 2.51. The molecule has 0 aliphatic carbocycles. The third kappa shape index (κ3) is 4.90. The van der Waals surface area contributed by atoms with Gasteiger partial charge in [-0.25, -0.2) is 13.6 Å². The second kappa shape index (κ2) is 7.05. The van der Waals surface area contributed by atoms with Crippen LogP contribution in [-0.4, -0.2) is 8.42 Å². The predicted molar refractivity (Wildman–Crippen MR) is 98.2 cm³/mol. The maximum absolute atomic E-state index is 11.5. The molecule has 130 valence electrons. The minimum Gasteiger partial charge on any atom is -0.306 e. The van der Waals surface area contributed by atoms with E-state index in [-0.39, 0.29) is 16.4 Å². The molecule has 0 saturated heterocycles. The Kier molecular flexibility index (Phi) is 5.48. The molecule has 0 heterocycles. The molecule has 0 aliphatic heterocycles. The van der Waals surface area contributed by atoms with Gasteiger partial charge < -0.3 is 5.32 Å². The van der Waals surface area contributed by atoms with E-state index >= 15 is 0 Å². The predicted octanol–water partition coefficient (Wildman–Crippen LogP) is 3.48. The zero-order chi connectivity index (χ0) is 18.0. The van der Waals surface area contributed by atoms with Crippen LogP contribution in [0.5, 0.6) is 0 Å². The summed E-state index contributed by atoms with van der Waals surface area (Å²) in [6.45, 7) is 9.30. The molecule has 2 rings (SSSR count). The largest absolute Gasteiger partial charge is 0.306 e. The van der Waals surface area contributed by atoms with Gasteiger partial charge in [0.2, 0.25) is 10.0 Å². The number of nitrogens with two attached hydrogens (primary N) is 1. The summed E-state index contributed by atoms with van der Waals surface area (Å²) < 4.78 is 22.9. The highest BCUT2D eigenvalue weighted by Gasteiger charge is 2.14. The Bertz CT molecular complexity index is 791. The first-order chi connectivity index (χ1) is 11.1. The first-order valence-electron chi connectivity index (χ1n) is 8.03. The molecular formula is C19H26N2O2S. The molecule has 0 aromatic heterocycles. The van der Waals surface area contributed by atoms with Gasteiger partial charge in [-0.05, 0) is 41.2 Å². The van der Waals surface area contributed by atoms with E-state index in [1.807, 2.05) is 13.0 Å². The summed E-state index contributed by atoms with van der Waals surface area (Å²) in [6.07, 6.45) is 0. The van der Waals surface area contributed by atoms with Gasteiger partial charge in [-0.3, -0.25) is 0 Å². The minimum atomic E-state index is -3.67. The highest BCUT2D eigenvalue weighted by molar-refractivity contribution is 7.89. The minimum absolute atomic E-state index is 0.0222. The summed E-state index contributed by atoms with van der Waals surface area (Å²) in [5, 5.41) is 8.61. The summed E-state index contributed by atoms with van der Waals surface area (Å²) >= 11 is 0. The fourth-order valence-electron chi connectivity index (χ4n) is 2.47. The van der Waals surface area contributed by atoms with Gasteiger partial charge in [-0.1, -0.05) is 57.2 Å². The molecule has 1 atom stereocenters. The van der Waals surface area contributed by atoms with E-state index in [0.29, 0.717) is 6.54 Å². The molecule has 5 heteroatoms. The molecule has 0 aliphatic rings. The van der Waals surface area contributed by atoms with Crippen molar-refractivity contribution in [3.63, 3.8) is 0 Å². The average molecular weight is 346 g/mol. The van der Waals surface area contributed by atoms with Gasteiger partial charge >= 0.3 is 0 Å². The fraction of sp³-hybridized carbons (Fsp3) is 0.368. The normalized spacial score (nSPS) is 13.7. The lowest BCUT2D eigenvalue weighted by Crippen LogP contribution is -2.19. The molecule has 0 spiro atoms. The van der Waals surface area contributed by atoms with Crippen LogP contribution >= 0.6 is 0 Å². The van der Waals surface area contributed by atoms with Gasteiger partial charge in [0.25, 0.3) is 0 Å². The van der Waals surface area contributed by atoms with E-state index in [1.54, 1.807) is 12.1 Å². The molecule has 2 aromatic rings. The van der Waals surface area contributed by atoms with Crippen LogP contribution in [-0.2, 0) is 22.0 Å². The van der Waals surface area contributed by atoms with Gasteiger partial charge in [0.05, 0.1) is 4.90 Å². The maximum atomic E-state index is 11.5. The van der Waals surface area contributed by atoms with Gasteiger partial charge in [0.15, 0.2) is 0 Å². The first-order valence-corrected chi connectivity index (χ1v) is 9.57. The molecule has 4 nitrogen and oxygen atoms in total. The maximum Gasteiger partial charge on any atom is 0.238 e. The quantitative estimate of drug-likeness (QED) is 0.870. The van der Waals surface area contributed by atoms with Crippen molar-refractivity contribution < 1.29 is 8.42 Å². The Morgan fingerprint density at radius 2 is 1.71 bits per heavy atom. The van der Waals surface area contributed by atoms with Crippen LogP contribution in [0.3, 0.4) is 0 Å². The summed E-state index contributed by atoms with van der Waals surface area (Å²) in [5.74, 6) is 0. The van der Waals surface area contributed by atoms with E-state index < -0.39 is 10.0 Å². The van der Waals surface area contributed by atoms with E-state index in [0.717, 1.165) is 5.56 Å². The molecule has 3 N–H and O–H groups in total. The highest BCUT2D eigenvalue weighted by atomic mass is 32.2. The second-order valence-electron chi connectivity index (χ2n) is 7.17. The molecule has 0 fully saturated rings. The van der Waals surface area contributed by atoms with Crippen LogP contribution in [0.1, 0.15) is 50.4 Å². The smallest absolute Gasteiger partial charge is 0.238 e. The number of primary sulfonamides is 1. The molecule has 0 radical (unpaired) electrons. The molecule has 0 unspecified atom stereocenters. The standard InChI is InChI=1S/C19H26N2O2S/c1-14(16-6-5-7-18(12-16)24(20,22)23)21-13-15-8-10-17(11-9-15)19(2,3)4/h5-12,14,21H,13H2,1-4H3,(H2,20,22,23)/t14-/m0/s1. The Morgan fingerprint density at radius 3 is 2.25 bits per heavy atom. The van der Waals surface area contributed by atoms with Gasteiger partial charge in [-0.15, -0.1) is 0 Å². The second-order valence-corrected chi connectivity index (χ2v) is 8.73. The zero-order valence-corrected chi connectivity index (χ0v) is 15.5. The Labute approximate surface area is 145 Å². The SMILES string of the molecule is C[C@H](NCc1ccc(C(C)(C)C)cc1)c1cccc(S(N)(=O)=O)c1. The number of benzene rings is 2. The number of rotatable bonds is 5. The number of hydrogen-bond acceptors (Lipinski definition) is 3. The summed E-state index contributed by atoms with van der Waals surface area (Å²) in [7, 11) is -3.67. The van der Waals surface area contributed by atoms with Crippen molar-refractivity contribution in [2.24, 2.45) is 5.14 Å². The highest BCUT2D eigenvalue weighted by Crippen LogP contribution is 2.22. The number of hydrogen-bond donors (Lipinski definition) is 2. The first kappa shape index (κ1) is 18.6. The van der Waals surface area contributed by atoms with Crippen LogP contribution in [0.15, 0.2) is 53.4 Å². The van der Waals surface area contributed by atoms with Crippen LogP contribution in [0.4, 0.5) is 0 Å². The van der Waals surface area contributed by atoms with Crippen LogP contribution < -0.4 is 10.5 Å². The molecule has 2 aromatic carbocycles. The fourth-order valence-corrected chi connectivity index (χ4v) is 3.04. The Balaban J connectivity index is 2.04. The van der Waals surface area contributed by atoms with Crippen LogP contribution in [0.2, 0.25) is 0 Å². The number of sulfonamides is 1. The lowest BCUT2D eigenvalue weighted by Gasteiger charge is -2.20.